The molecule has 0 atom stereocenters. The van der Waals surface area contributed by atoms with Crippen LogP contribution in [0.4, 0.5) is 11.4 Å². The van der Waals surface area contributed by atoms with Gasteiger partial charge in [0, 0.05) is 23.3 Å². The number of imidazole rings is 1. The Bertz CT molecular complexity index is 1600. The molecule has 0 spiro atoms. The molecule has 5 aromatic rings. The van der Waals surface area contributed by atoms with Gasteiger partial charge in [-0.3, -0.25) is 9.59 Å². The SMILES string of the molecule is CCl.O=C(Nc1ccc2nc(-c3ccc(NC(=O)c4c(Cl)cccc4Cl)cc3)[nH]c2c1)c1ccccc1Cl. The van der Waals surface area contributed by atoms with Crippen molar-refractivity contribution in [3.8, 4) is 11.4 Å². The zero-order valence-electron chi connectivity index (χ0n) is 19.9. The van der Waals surface area contributed by atoms with Gasteiger partial charge in [0.2, 0.25) is 0 Å². The smallest absolute Gasteiger partial charge is 0.258 e. The second-order valence-electron chi connectivity index (χ2n) is 7.88. The van der Waals surface area contributed by atoms with E-state index < -0.39 is 5.91 Å². The van der Waals surface area contributed by atoms with Crippen LogP contribution in [0.15, 0.2) is 84.9 Å². The molecule has 2 amide bonds. The number of aromatic amines is 1. The summed E-state index contributed by atoms with van der Waals surface area (Å²) in [7, 11) is 0. The minimum Gasteiger partial charge on any atom is -0.338 e. The molecular formula is C28H20Cl4N4O2. The van der Waals surface area contributed by atoms with Crippen LogP contribution in [0.25, 0.3) is 22.4 Å². The number of hydrogen-bond donors (Lipinski definition) is 3. The third kappa shape index (κ3) is 6.11. The molecule has 0 aliphatic rings. The van der Waals surface area contributed by atoms with Crippen LogP contribution < -0.4 is 10.6 Å². The Morgan fingerprint density at radius 2 is 1.32 bits per heavy atom. The van der Waals surface area contributed by atoms with E-state index in [1.165, 1.54) is 6.38 Å². The molecule has 0 bridgehead atoms. The summed E-state index contributed by atoms with van der Waals surface area (Å²) in [6.07, 6.45) is 1.47. The van der Waals surface area contributed by atoms with Crippen molar-refractivity contribution in [2.75, 3.05) is 17.0 Å². The monoisotopic (exact) mass is 584 g/mol. The average Bonchev–Trinajstić information content (AvgIpc) is 3.34. The van der Waals surface area contributed by atoms with Gasteiger partial charge in [0.25, 0.3) is 11.8 Å². The van der Waals surface area contributed by atoms with Gasteiger partial charge in [-0.15, -0.1) is 11.6 Å². The maximum Gasteiger partial charge on any atom is 0.258 e. The lowest BCUT2D eigenvalue weighted by Gasteiger charge is -2.08. The molecule has 1 aromatic heterocycles. The summed E-state index contributed by atoms with van der Waals surface area (Å²) in [5.74, 6) is -0.0459. The van der Waals surface area contributed by atoms with Crippen molar-refractivity contribution in [3.63, 3.8) is 0 Å². The third-order valence-corrected chi connectivity index (χ3v) is 6.42. The van der Waals surface area contributed by atoms with Gasteiger partial charge >= 0.3 is 0 Å². The van der Waals surface area contributed by atoms with Crippen molar-refractivity contribution in [3.05, 3.63) is 111 Å². The lowest BCUT2D eigenvalue weighted by Crippen LogP contribution is -2.13. The molecule has 3 N–H and O–H groups in total. The molecular weight excluding hydrogens is 566 g/mol. The predicted octanol–water partition coefficient (Wildman–Crippen LogP) is 8.55. The van der Waals surface area contributed by atoms with E-state index in [0.29, 0.717) is 27.8 Å². The number of fused-ring (bicyclic) bond motifs is 1. The number of nitrogens with one attached hydrogen (secondary N) is 3. The molecule has 4 aromatic carbocycles. The van der Waals surface area contributed by atoms with Crippen molar-refractivity contribution in [2.24, 2.45) is 0 Å². The van der Waals surface area contributed by atoms with Crippen molar-refractivity contribution in [2.45, 2.75) is 0 Å². The van der Waals surface area contributed by atoms with Gasteiger partial charge in [-0.25, -0.2) is 4.98 Å². The summed E-state index contributed by atoms with van der Waals surface area (Å²) >= 11 is 23.0. The number of H-pyrrole nitrogens is 1. The van der Waals surface area contributed by atoms with Crippen LogP contribution in [0.2, 0.25) is 15.1 Å². The summed E-state index contributed by atoms with van der Waals surface area (Å²) in [6.45, 7) is 0. The molecule has 1 heterocycles. The quantitative estimate of drug-likeness (QED) is 0.181. The zero-order chi connectivity index (χ0) is 27.2. The van der Waals surface area contributed by atoms with Crippen molar-refractivity contribution >= 4 is 80.6 Å². The first-order chi connectivity index (χ1) is 18.4. The number of hydrogen-bond acceptors (Lipinski definition) is 3. The van der Waals surface area contributed by atoms with Gasteiger partial charge in [-0.1, -0.05) is 53.0 Å². The van der Waals surface area contributed by atoms with Crippen LogP contribution in [-0.2, 0) is 0 Å². The van der Waals surface area contributed by atoms with E-state index in [1.807, 2.05) is 24.3 Å². The van der Waals surface area contributed by atoms with E-state index in [9.17, 15) is 9.59 Å². The molecule has 0 saturated heterocycles. The van der Waals surface area contributed by atoms with Crippen LogP contribution in [0.1, 0.15) is 20.7 Å². The van der Waals surface area contributed by atoms with Crippen LogP contribution in [0, 0.1) is 0 Å². The molecule has 0 radical (unpaired) electrons. The van der Waals surface area contributed by atoms with E-state index in [0.717, 1.165) is 16.6 Å². The number of alkyl halides is 1. The molecule has 0 unspecified atom stereocenters. The van der Waals surface area contributed by atoms with E-state index in [2.05, 4.69) is 32.2 Å². The number of rotatable bonds is 5. The zero-order valence-corrected chi connectivity index (χ0v) is 22.9. The maximum atomic E-state index is 12.6. The molecule has 5 rings (SSSR count). The number of aromatic nitrogens is 2. The molecule has 0 aliphatic heterocycles. The van der Waals surface area contributed by atoms with Crippen molar-refractivity contribution in [1.29, 1.82) is 0 Å². The van der Waals surface area contributed by atoms with Gasteiger partial charge in [-0.2, -0.15) is 0 Å². The Hall–Kier alpha value is -3.55. The normalized spacial score (nSPS) is 10.4. The summed E-state index contributed by atoms with van der Waals surface area (Å²) in [4.78, 5) is 33.1. The first-order valence-electron chi connectivity index (χ1n) is 11.2. The van der Waals surface area contributed by atoms with E-state index in [-0.39, 0.29) is 21.5 Å². The minimum absolute atomic E-state index is 0.222. The highest BCUT2D eigenvalue weighted by Crippen LogP contribution is 2.27. The largest absolute Gasteiger partial charge is 0.338 e. The van der Waals surface area contributed by atoms with Crippen molar-refractivity contribution < 1.29 is 9.59 Å². The Morgan fingerprint density at radius 1 is 0.711 bits per heavy atom. The summed E-state index contributed by atoms with van der Waals surface area (Å²) in [5.41, 5.74) is 4.13. The number of carbonyl (C=O) groups is 2. The Morgan fingerprint density at radius 3 is 2.00 bits per heavy atom. The highest BCUT2D eigenvalue weighted by molar-refractivity contribution is 6.40. The van der Waals surface area contributed by atoms with Gasteiger partial charge in [0.1, 0.15) is 5.82 Å². The summed E-state index contributed by atoms with van der Waals surface area (Å²) in [5, 5.41) is 6.60. The first kappa shape index (κ1) is 27.5. The number of halogens is 4. The van der Waals surface area contributed by atoms with Gasteiger partial charge in [0.15, 0.2) is 0 Å². The van der Waals surface area contributed by atoms with Gasteiger partial charge in [-0.05, 0) is 66.7 Å². The van der Waals surface area contributed by atoms with E-state index in [1.54, 1.807) is 60.7 Å². The Labute approximate surface area is 238 Å². The lowest BCUT2D eigenvalue weighted by atomic mass is 10.1. The molecule has 38 heavy (non-hydrogen) atoms. The number of anilines is 2. The fraction of sp³-hybridized carbons (Fsp3) is 0.0357. The van der Waals surface area contributed by atoms with Crippen LogP contribution in [0.5, 0.6) is 0 Å². The van der Waals surface area contributed by atoms with Crippen LogP contribution in [0.3, 0.4) is 0 Å². The summed E-state index contributed by atoms with van der Waals surface area (Å²) < 4.78 is 0. The molecule has 192 valence electrons. The maximum absolute atomic E-state index is 12.6. The number of nitrogens with zero attached hydrogens (tertiary/aromatic N) is 1. The second kappa shape index (κ2) is 12.3. The minimum atomic E-state index is -0.395. The topological polar surface area (TPSA) is 86.9 Å². The molecule has 0 fully saturated rings. The van der Waals surface area contributed by atoms with Crippen LogP contribution >= 0.6 is 46.4 Å². The standard InChI is InChI=1S/C27H17Cl3N4O2.CH3Cl/c28-19-5-2-1-4-18(19)26(35)32-17-12-13-22-23(14-17)34-25(33-22)15-8-10-16(11-9-15)31-27(36)24-20(29)6-3-7-21(24)30;1-2/h1-14H,(H,31,36)(H,32,35)(H,33,34);1H3. The number of carbonyl (C=O) groups excluding carboxylic acids is 2. The number of benzene rings is 4. The molecule has 0 aliphatic carbocycles. The highest BCUT2D eigenvalue weighted by atomic mass is 35.5. The molecule has 0 saturated carbocycles. The second-order valence-corrected chi connectivity index (χ2v) is 9.10. The molecule has 10 heteroatoms. The van der Waals surface area contributed by atoms with Gasteiger partial charge < -0.3 is 15.6 Å². The van der Waals surface area contributed by atoms with Crippen LogP contribution in [-0.4, -0.2) is 28.2 Å². The van der Waals surface area contributed by atoms with Crippen molar-refractivity contribution in [1.82, 2.24) is 9.97 Å². The molecule has 6 nitrogen and oxygen atoms in total. The highest BCUT2D eigenvalue weighted by Gasteiger charge is 2.15. The first-order valence-corrected chi connectivity index (χ1v) is 13.1. The lowest BCUT2D eigenvalue weighted by molar-refractivity contribution is 0.101. The predicted molar refractivity (Wildman–Crippen MR) is 157 cm³/mol. The summed E-state index contributed by atoms with van der Waals surface area (Å²) in [6, 6.07) is 24.4. The number of amides is 2. The average molecular weight is 586 g/mol. The fourth-order valence-electron chi connectivity index (χ4n) is 3.69. The fourth-order valence-corrected chi connectivity index (χ4v) is 4.48. The van der Waals surface area contributed by atoms with E-state index in [4.69, 9.17) is 34.8 Å². The van der Waals surface area contributed by atoms with E-state index >= 15 is 0 Å². The third-order valence-electron chi connectivity index (χ3n) is 5.46. The van der Waals surface area contributed by atoms with Gasteiger partial charge in [0.05, 0.1) is 37.2 Å². The Kier molecular flexibility index (Phi) is 8.92. The Balaban J connectivity index is 0.00000164.